The van der Waals surface area contributed by atoms with E-state index in [1.165, 1.54) is 24.0 Å². The fourth-order valence-electron chi connectivity index (χ4n) is 2.68. The monoisotopic (exact) mass is 297 g/mol. The molecule has 1 saturated heterocycles. The van der Waals surface area contributed by atoms with Gasteiger partial charge in [-0.1, -0.05) is 42.5 Å². The first kappa shape index (κ1) is 15.1. The van der Waals surface area contributed by atoms with E-state index >= 15 is 0 Å². The Kier molecular flexibility index (Phi) is 5.46. The van der Waals surface area contributed by atoms with Crippen molar-refractivity contribution >= 4 is 0 Å². The van der Waals surface area contributed by atoms with Gasteiger partial charge in [-0.05, 0) is 36.1 Å². The van der Waals surface area contributed by atoms with Crippen LogP contribution >= 0.6 is 0 Å². The van der Waals surface area contributed by atoms with Gasteiger partial charge in [0.25, 0.3) is 0 Å². The van der Waals surface area contributed by atoms with Gasteiger partial charge in [-0.25, -0.2) is 0 Å². The molecule has 0 aromatic heterocycles. The predicted octanol–water partition coefficient (Wildman–Crippen LogP) is 3.50. The summed E-state index contributed by atoms with van der Waals surface area (Å²) in [6.07, 6.45) is 2.76. The van der Waals surface area contributed by atoms with Gasteiger partial charge in [0.05, 0.1) is 6.10 Å². The lowest BCUT2D eigenvalue weighted by Gasteiger charge is -2.11. The smallest absolute Gasteiger partial charge is 0.119 e. The van der Waals surface area contributed by atoms with Crippen LogP contribution in [0.5, 0.6) is 5.75 Å². The second-order valence-corrected chi connectivity index (χ2v) is 5.58. The number of hydrogen-bond donors (Lipinski definition) is 1. The van der Waals surface area contributed by atoms with E-state index in [1.807, 2.05) is 18.2 Å². The normalized spacial score (nSPS) is 17.5. The molecule has 1 fully saturated rings. The predicted molar refractivity (Wildman–Crippen MR) is 89.2 cm³/mol. The van der Waals surface area contributed by atoms with E-state index in [4.69, 9.17) is 9.47 Å². The van der Waals surface area contributed by atoms with E-state index in [0.29, 0.717) is 12.7 Å². The maximum Gasteiger partial charge on any atom is 0.119 e. The first-order chi connectivity index (χ1) is 10.9. The van der Waals surface area contributed by atoms with Crippen molar-refractivity contribution in [2.24, 2.45) is 0 Å². The second-order valence-electron chi connectivity index (χ2n) is 5.58. The summed E-state index contributed by atoms with van der Waals surface area (Å²) < 4.78 is 11.3. The molecule has 3 nitrogen and oxygen atoms in total. The van der Waals surface area contributed by atoms with E-state index < -0.39 is 0 Å². The molecule has 1 atom stereocenters. The van der Waals surface area contributed by atoms with Crippen molar-refractivity contribution < 1.29 is 9.47 Å². The minimum absolute atomic E-state index is 0.394. The van der Waals surface area contributed by atoms with Crippen LogP contribution < -0.4 is 10.1 Å². The van der Waals surface area contributed by atoms with Crippen molar-refractivity contribution in [3.8, 4) is 16.9 Å². The molecule has 3 heteroatoms. The Bertz CT molecular complexity index is 547. The van der Waals surface area contributed by atoms with Gasteiger partial charge in [-0.15, -0.1) is 0 Å². The molecule has 2 aromatic carbocycles. The number of hydrogen-bond acceptors (Lipinski definition) is 3. The van der Waals surface area contributed by atoms with E-state index in [9.17, 15) is 0 Å². The molecule has 116 valence electrons. The molecule has 0 spiro atoms. The standard InChI is InChI=1S/C19H23NO2/c1-2-5-16(6-3-1)17-8-10-18(11-9-17)22-14-12-20-15-19-7-4-13-21-19/h1-3,5-6,8-11,19-20H,4,7,12-15H2/t19-/m0/s1. The largest absolute Gasteiger partial charge is 0.492 e. The van der Waals surface area contributed by atoms with E-state index in [2.05, 4.69) is 41.7 Å². The molecule has 2 aromatic rings. The van der Waals surface area contributed by atoms with Crippen molar-refractivity contribution in [1.29, 1.82) is 0 Å². The Morgan fingerprint density at radius 2 is 1.77 bits per heavy atom. The summed E-state index contributed by atoms with van der Waals surface area (Å²) in [5, 5.41) is 3.38. The van der Waals surface area contributed by atoms with Crippen molar-refractivity contribution in [3.05, 3.63) is 54.6 Å². The highest BCUT2D eigenvalue weighted by Gasteiger charge is 2.14. The Morgan fingerprint density at radius 3 is 2.50 bits per heavy atom. The van der Waals surface area contributed by atoms with Crippen molar-refractivity contribution in [2.75, 3.05) is 26.3 Å². The molecule has 0 aliphatic carbocycles. The van der Waals surface area contributed by atoms with E-state index in [0.717, 1.165) is 25.4 Å². The summed E-state index contributed by atoms with van der Waals surface area (Å²) in [4.78, 5) is 0. The first-order valence-corrected chi connectivity index (χ1v) is 8.02. The van der Waals surface area contributed by atoms with Gasteiger partial charge in [0.1, 0.15) is 12.4 Å². The summed E-state index contributed by atoms with van der Waals surface area (Å²) in [6.45, 7) is 3.37. The SMILES string of the molecule is c1ccc(-c2ccc(OCCNC[C@@H]3CCCO3)cc2)cc1. The van der Waals surface area contributed by atoms with Gasteiger partial charge in [0.15, 0.2) is 0 Å². The summed E-state index contributed by atoms with van der Waals surface area (Å²) in [6, 6.07) is 18.6. The van der Waals surface area contributed by atoms with Crippen LogP contribution in [0.1, 0.15) is 12.8 Å². The van der Waals surface area contributed by atoms with Crippen LogP contribution in [0.2, 0.25) is 0 Å². The highest BCUT2D eigenvalue weighted by molar-refractivity contribution is 5.63. The molecule has 0 radical (unpaired) electrons. The van der Waals surface area contributed by atoms with Crippen LogP contribution in [0.15, 0.2) is 54.6 Å². The van der Waals surface area contributed by atoms with Gasteiger partial charge < -0.3 is 14.8 Å². The van der Waals surface area contributed by atoms with Crippen LogP contribution in [0.4, 0.5) is 0 Å². The number of rotatable bonds is 7. The zero-order valence-electron chi connectivity index (χ0n) is 12.8. The van der Waals surface area contributed by atoms with Crippen molar-refractivity contribution in [2.45, 2.75) is 18.9 Å². The average Bonchev–Trinajstić information content (AvgIpc) is 3.09. The molecular weight excluding hydrogens is 274 g/mol. The zero-order chi connectivity index (χ0) is 15.0. The van der Waals surface area contributed by atoms with Crippen LogP contribution in [-0.2, 0) is 4.74 Å². The lowest BCUT2D eigenvalue weighted by Crippen LogP contribution is -2.29. The number of benzene rings is 2. The molecule has 1 heterocycles. The minimum atomic E-state index is 0.394. The maximum absolute atomic E-state index is 5.76. The molecule has 0 saturated carbocycles. The minimum Gasteiger partial charge on any atom is -0.492 e. The van der Waals surface area contributed by atoms with Gasteiger partial charge >= 0.3 is 0 Å². The van der Waals surface area contributed by atoms with Crippen LogP contribution in [0.25, 0.3) is 11.1 Å². The Labute approximate surface area is 132 Å². The molecule has 1 aliphatic rings. The Balaban J connectivity index is 1.39. The molecule has 1 aliphatic heterocycles. The van der Waals surface area contributed by atoms with Crippen LogP contribution in [0, 0.1) is 0 Å². The lowest BCUT2D eigenvalue weighted by molar-refractivity contribution is 0.109. The third kappa shape index (κ3) is 4.33. The number of nitrogens with one attached hydrogen (secondary N) is 1. The third-order valence-corrected chi connectivity index (χ3v) is 3.91. The zero-order valence-corrected chi connectivity index (χ0v) is 12.8. The van der Waals surface area contributed by atoms with E-state index in [1.54, 1.807) is 0 Å². The molecule has 3 rings (SSSR count). The molecule has 0 unspecified atom stereocenters. The molecule has 0 bridgehead atoms. The van der Waals surface area contributed by atoms with Gasteiger partial charge in [-0.2, -0.15) is 0 Å². The highest BCUT2D eigenvalue weighted by atomic mass is 16.5. The Hall–Kier alpha value is -1.84. The molecule has 1 N–H and O–H groups in total. The summed E-state index contributed by atoms with van der Waals surface area (Å²) in [7, 11) is 0. The lowest BCUT2D eigenvalue weighted by atomic mass is 10.1. The highest BCUT2D eigenvalue weighted by Crippen LogP contribution is 2.21. The second kappa shape index (κ2) is 7.97. The van der Waals surface area contributed by atoms with Crippen LogP contribution in [0.3, 0.4) is 0 Å². The molecule has 0 amide bonds. The first-order valence-electron chi connectivity index (χ1n) is 8.02. The number of ether oxygens (including phenoxy) is 2. The third-order valence-electron chi connectivity index (χ3n) is 3.91. The fraction of sp³-hybridized carbons (Fsp3) is 0.368. The van der Waals surface area contributed by atoms with Gasteiger partial charge in [0, 0.05) is 19.7 Å². The summed E-state index contributed by atoms with van der Waals surface area (Å²) in [5.74, 6) is 0.915. The molecule has 22 heavy (non-hydrogen) atoms. The average molecular weight is 297 g/mol. The summed E-state index contributed by atoms with van der Waals surface area (Å²) in [5.41, 5.74) is 2.44. The van der Waals surface area contributed by atoms with Gasteiger partial charge in [-0.3, -0.25) is 0 Å². The maximum atomic E-state index is 5.76. The topological polar surface area (TPSA) is 30.5 Å². The van der Waals surface area contributed by atoms with Crippen molar-refractivity contribution in [1.82, 2.24) is 5.32 Å². The summed E-state index contributed by atoms with van der Waals surface area (Å²) >= 11 is 0. The van der Waals surface area contributed by atoms with Gasteiger partial charge in [0.2, 0.25) is 0 Å². The van der Waals surface area contributed by atoms with E-state index in [-0.39, 0.29) is 0 Å². The fourth-order valence-corrected chi connectivity index (χ4v) is 2.68. The van der Waals surface area contributed by atoms with Crippen LogP contribution in [-0.4, -0.2) is 32.4 Å². The van der Waals surface area contributed by atoms with Crippen molar-refractivity contribution in [3.63, 3.8) is 0 Å². The Morgan fingerprint density at radius 1 is 1.00 bits per heavy atom. The quantitative estimate of drug-likeness (QED) is 0.793. The molecular formula is C19H23NO2.